The molecule has 1 aromatic rings. The number of amidine groups is 1. The molecule has 0 amide bonds. The van der Waals surface area contributed by atoms with Crippen molar-refractivity contribution >= 4 is 17.5 Å². The van der Waals surface area contributed by atoms with E-state index in [0.717, 1.165) is 50.3 Å². The predicted molar refractivity (Wildman–Crippen MR) is 120 cm³/mol. The van der Waals surface area contributed by atoms with Crippen LogP contribution in [0.25, 0.3) is 5.70 Å². The van der Waals surface area contributed by atoms with Gasteiger partial charge in [-0.2, -0.15) is 5.26 Å². The van der Waals surface area contributed by atoms with Crippen molar-refractivity contribution in [3.05, 3.63) is 53.4 Å². The summed E-state index contributed by atoms with van der Waals surface area (Å²) in [6.45, 7) is 3.53. The molecule has 1 aliphatic carbocycles. The van der Waals surface area contributed by atoms with E-state index >= 15 is 0 Å². The number of nitrogens with one attached hydrogen (secondary N) is 2. The van der Waals surface area contributed by atoms with Gasteiger partial charge < -0.3 is 20.3 Å². The molecule has 0 unspecified atom stereocenters. The molecule has 1 saturated heterocycles. The second kappa shape index (κ2) is 10.3. The fourth-order valence-corrected chi connectivity index (χ4v) is 4.28. The number of hydrogen-bond donors (Lipinski definition) is 2. The summed E-state index contributed by atoms with van der Waals surface area (Å²) in [5.41, 5.74) is 2.15. The van der Waals surface area contributed by atoms with Crippen LogP contribution in [0.15, 0.2) is 52.8 Å². The smallest absolute Gasteiger partial charge is 0.351 e. The highest BCUT2D eigenvalue weighted by atomic mass is 16.5. The lowest BCUT2D eigenvalue weighted by Crippen LogP contribution is -2.49. The molecule has 0 spiro atoms. The van der Waals surface area contributed by atoms with Crippen LogP contribution in [0, 0.1) is 17.2 Å². The van der Waals surface area contributed by atoms with Gasteiger partial charge in [0.15, 0.2) is 11.4 Å². The van der Waals surface area contributed by atoms with Crippen molar-refractivity contribution in [3.63, 3.8) is 0 Å². The molecule has 7 heteroatoms. The second-order valence-corrected chi connectivity index (χ2v) is 8.18. The number of carbonyl (C=O) groups is 1. The lowest BCUT2D eigenvalue weighted by molar-refractivity contribution is -0.140. The molecule has 162 valence electrons. The Morgan fingerprint density at radius 3 is 2.61 bits per heavy atom. The number of rotatable bonds is 4. The number of carbonyl (C=O) groups excluding carboxylic acids is 1. The van der Waals surface area contributed by atoms with E-state index in [1.165, 1.54) is 19.3 Å². The van der Waals surface area contributed by atoms with E-state index in [4.69, 9.17) is 9.73 Å². The molecule has 7 nitrogen and oxygen atoms in total. The summed E-state index contributed by atoms with van der Waals surface area (Å²) in [6, 6.07) is 11.9. The molecule has 31 heavy (non-hydrogen) atoms. The van der Waals surface area contributed by atoms with Gasteiger partial charge in [-0.05, 0) is 18.8 Å². The van der Waals surface area contributed by atoms with Gasteiger partial charge in [0, 0.05) is 37.9 Å². The minimum absolute atomic E-state index is 0.0172. The van der Waals surface area contributed by atoms with Crippen LogP contribution >= 0.6 is 0 Å². The first kappa shape index (κ1) is 21.1. The van der Waals surface area contributed by atoms with E-state index < -0.39 is 5.97 Å². The molecule has 3 aliphatic rings. The Morgan fingerprint density at radius 2 is 1.90 bits per heavy atom. The first-order chi connectivity index (χ1) is 15.3. The first-order valence-corrected chi connectivity index (χ1v) is 11.1. The third kappa shape index (κ3) is 5.15. The molecule has 2 aliphatic heterocycles. The minimum atomic E-state index is -0.574. The summed E-state index contributed by atoms with van der Waals surface area (Å²) in [6.07, 6.45) is 7.54. The number of hydrogen-bond acceptors (Lipinski definition) is 7. The molecular formula is C24H29N5O2. The largest absolute Gasteiger partial charge is 0.461 e. The van der Waals surface area contributed by atoms with Gasteiger partial charge in [0.2, 0.25) is 0 Å². The number of piperazine rings is 1. The van der Waals surface area contributed by atoms with Crippen molar-refractivity contribution in [1.82, 2.24) is 15.5 Å². The topological polar surface area (TPSA) is 89.8 Å². The molecule has 0 aromatic heterocycles. The predicted octanol–water partition coefficient (Wildman–Crippen LogP) is 2.79. The fourth-order valence-electron chi connectivity index (χ4n) is 4.28. The Bertz CT molecular complexity index is 917. The highest BCUT2D eigenvalue weighted by Crippen LogP contribution is 2.25. The summed E-state index contributed by atoms with van der Waals surface area (Å²) >= 11 is 0. The van der Waals surface area contributed by atoms with Gasteiger partial charge in [-0.15, -0.1) is 0 Å². The Labute approximate surface area is 183 Å². The Balaban J connectivity index is 1.59. The number of nitrogens with zero attached hydrogens (tertiary/aromatic N) is 3. The average molecular weight is 420 g/mol. The van der Waals surface area contributed by atoms with Gasteiger partial charge in [-0.25, -0.2) is 9.79 Å². The minimum Gasteiger partial charge on any atom is -0.461 e. The third-order valence-electron chi connectivity index (χ3n) is 6.03. The van der Waals surface area contributed by atoms with Crippen molar-refractivity contribution in [2.45, 2.75) is 32.1 Å². The summed E-state index contributed by atoms with van der Waals surface area (Å²) in [7, 11) is 0. The zero-order chi connectivity index (χ0) is 21.5. The third-order valence-corrected chi connectivity index (χ3v) is 6.03. The summed E-state index contributed by atoms with van der Waals surface area (Å²) in [5.74, 6) is 0.442. The van der Waals surface area contributed by atoms with Gasteiger partial charge >= 0.3 is 5.97 Å². The Hall–Kier alpha value is -3.11. The molecule has 0 radical (unpaired) electrons. The standard InChI is InChI=1S/C24H29N5O2/c25-15-20(24(30)31-17-18-7-3-1-4-8-18)22-23(29-13-11-26-12-14-29)28-21(16-27-22)19-9-5-2-6-10-19/h2,5-6,9-10,16,18,26-27H,1,3-4,7-8,11-14,17H2/b22-20-. The van der Waals surface area contributed by atoms with E-state index in [0.29, 0.717) is 24.1 Å². The number of nitriles is 1. The van der Waals surface area contributed by atoms with Crippen molar-refractivity contribution in [1.29, 1.82) is 5.26 Å². The van der Waals surface area contributed by atoms with Crippen LogP contribution in [0.4, 0.5) is 0 Å². The zero-order valence-corrected chi connectivity index (χ0v) is 17.8. The van der Waals surface area contributed by atoms with Crippen molar-refractivity contribution in [2.75, 3.05) is 32.8 Å². The van der Waals surface area contributed by atoms with Crippen LogP contribution in [0.5, 0.6) is 0 Å². The van der Waals surface area contributed by atoms with E-state index in [1.54, 1.807) is 6.20 Å². The van der Waals surface area contributed by atoms with Crippen molar-refractivity contribution in [3.8, 4) is 6.07 Å². The number of benzene rings is 1. The van der Waals surface area contributed by atoms with Crippen molar-refractivity contribution in [2.24, 2.45) is 10.9 Å². The molecular weight excluding hydrogens is 390 g/mol. The molecule has 2 heterocycles. The lowest BCUT2D eigenvalue weighted by Gasteiger charge is -2.33. The first-order valence-electron chi connectivity index (χ1n) is 11.1. The van der Waals surface area contributed by atoms with Gasteiger partial charge in [-0.3, -0.25) is 0 Å². The van der Waals surface area contributed by atoms with Gasteiger partial charge in [0.05, 0.1) is 12.3 Å². The van der Waals surface area contributed by atoms with Crippen LogP contribution in [0.2, 0.25) is 0 Å². The molecule has 1 saturated carbocycles. The monoisotopic (exact) mass is 419 g/mol. The zero-order valence-electron chi connectivity index (χ0n) is 17.8. The van der Waals surface area contributed by atoms with E-state index in [-0.39, 0.29) is 5.57 Å². The fraction of sp³-hybridized carbons (Fsp3) is 0.458. The summed E-state index contributed by atoms with van der Waals surface area (Å²) in [4.78, 5) is 19.8. The summed E-state index contributed by atoms with van der Waals surface area (Å²) < 4.78 is 5.57. The van der Waals surface area contributed by atoms with E-state index in [2.05, 4.69) is 21.6 Å². The quantitative estimate of drug-likeness (QED) is 0.443. The Kier molecular flexibility index (Phi) is 7.00. The summed E-state index contributed by atoms with van der Waals surface area (Å²) in [5, 5.41) is 16.3. The molecule has 0 bridgehead atoms. The van der Waals surface area contributed by atoms with Gasteiger partial charge in [0.1, 0.15) is 11.8 Å². The molecule has 4 rings (SSSR count). The molecule has 2 fully saturated rings. The van der Waals surface area contributed by atoms with Crippen LogP contribution in [0.1, 0.15) is 37.7 Å². The second-order valence-electron chi connectivity index (χ2n) is 8.18. The molecule has 2 N–H and O–H groups in total. The molecule has 1 aromatic carbocycles. The highest BCUT2D eigenvalue weighted by Gasteiger charge is 2.28. The number of esters is 1. The van der Waals surface area contributed by atoms with Gasteiger partial charge in [0.25, 0.3) is 0 Å². The maximum atomic E-state index is 12.8. The van der Waals surface area contributed by atoms with Crippen LogP contribution in [-0.2, 0) is 9.53 Å². The highest BCUT2D eigenvalue weighted by molar-refractivity contribution is 6.10. The van der Waals surface area contributed by atoms with Crippen molar-refractivity contribution < 1.29 is 9.53 Å². The van der Waals surface area contributed by atoms with Gasteiger partial charge in [-0.1, -0.05) is 49.6 Å². The van der Waals surface area contributed by atoms with E-state index in [1.807, 2.05) is 30.3 Å². The van der Waals surface area contributed by atoms with E-state index in [9.17, 15) is 10.1 Å². The van der Waals surface area contributed by atoms with Crippen LogP contribution in [0.3, 0.4) is 0 Å². The molecule has 0 atom stereocenters. The Morgan fingerprint density at radius 1 is 1.16 bits per heavy atom. The SMILES string of the molecule is N#C/C(C(=O)OCC1CCCCC1)=C1/NC=C(c2ccccc2)N=C1N1CCNCC1. The lowest BCUT2D eigenvalue weighted by atomic mass is 9.90. The number of aliphatic imine (C=N–C) groups is 1. The maximum absolute atomic E-state index is 12.8. The normalized spacial score (nSPS) is 21.3. The number of ether oxygens (including phenoxy) is 1. The average Bonchev–Trinajstić information content (AvgIpc) is 2.85. The van der Waals surface area contributed by atoms with Crippen LogP contribution < -0.4 is 10.6 Å². The van der Waals surface area contributed by atoms with Crippen LogP contribution in [-0.4, -0.2) is 49.5 Å². The maximum Gasteiger partial charge on any atom is 0.351 e.